The van der Waals surface area contributed by atoms with Gasteiger partial charge >= 0.3 is 7.12 Å². The first-order chi connectivity index (χ1) is 10.2. The van der Waals surface area contributed by atoms with Gasteiger partial charge < -0.3 is 10.0 Å². The molecule has 0 fully saturated rings. The monoisotopic (exact) mass is 278 g/mol. The average molecular weight is 278 g/mol. The Balaban J connectivity index is 2.16. The van der Waals surface area contributed by atoms with Crippen molar-refractivity contribution >= 4 is 12.8 Å². The first-order valence-electron chi connectivity index (χ1n) is 6.32. The highest BCUT2D eigenvalue weighted by Gasteiger charge is 2.19. The topological polar surface area (TPSA) is 92.0 Å². The molecule has 0 atom stereocenters. The number of pyridine rings is 2. The van der Waals surface area contributed by atoms with Crippen LogP contribution in [0.5, 0.6) is 0 Å². The molecule has 0 spiro atoms. The first kappa shape index (κ1) is 13.4. The number of hydrogen-bond acceptors (Lipinski definition) is 6. The van der Waals surface area contributed by atoms with Crippen LogP contribution < -0.4 is 5.72 Å². The fourth-order valence-electron chi connectivity index (χ4n) is 1.87. The predicted molar refractivity (Wildman–Crippen MR) is 78.3 cm³/mol. The predicted octanol–water partition coefficient (Wildman–Crippen LogP) is 0.280. The summed E-state index contributed by atoms with van der Waals surface area (Å²) in [7, 11) is -1.75. The van der Waals surface area contributed by atoms with Gasteiger partial charge in [0.15, 0.2) is 5.72 Å². The minimum absolute atomic E-state index is 0.0844. The minimum atomic E-state index is -1.75. The van der Waals surface area contributed by atoms with Gasteiger partial charge in [-0.2, -0.15) is 0 Å². The first-order valence-corrected chi connectivity index (χ1v) is 6.32. The van der Waals surface area contributed by atoms with Crippen molar-refractivity contribution < 1.29 is 10.0 Å². The molecule has 0 amide bonds. The SMILES string of the molecule is OB(O)c1nc(-c2ccccn2)cc(-c2ccccn2)n1. The third-order valence-electron chi connectivity index (χ3n) is 2.83. The molecule has 0 bridgehead atoms. The summed E-state index contributed by atoms with van der Waals surface area (Å²) < 4.78 is 0. The van der Waals surface area contributed by atoms with Crippen molar-refractivity contribution in [1.29, 1.82) is 0 Å². The Hall–Kier alpha value is -2.64. The maximum atomic E-state index is 9.36. The van der Waals surface area contributed by atoms with E-state index in [0.717, 1.165) is 0 Å². The van der Waals surface area contributed by atoms with Crippen molar-refractivity contribution in [2.75, 3.05) is 0 Å². The zero-order chi connectivity index (χ0) is 14.7. The fraction of sp³-hybridized carbons (Fsp3) is 0. The van der Waals surface area contributed by atoms with Crippen LogP contribution in [0.4, 0.5) is 0 Å². The quantitative estimate of drug-likeness (QED) is 0.668. The smallest absolute Gasteiger partial charge is 0.421 e. The zero-order valence-electron chi connectivity index (χ0n) is 11.0. The van der Waals surface area contributed by atoms with Gasteiger partial charge in [-0.1, -0.05) is 12.1 Å². The summed E-state index contributed by atoms with van der Waals surface area (Å²) >= 11 is 0. The van der Waals surface area contributed by atoms with Crippen molar-refractivity contribution in [3.63, 3.8) is 0 Å². The minimum Gasteiger partial charge on any atom is -0.421 e. The van der Waals surface area contributed by atoms with Gasteiger partial charge in [0.2, 0.25) is 0 Å². The van der Waals surface area contributed by atoms with Gasteiger partial charge in [0.1, 0.15) is 0 Å². The van der Waals surface area contributed by atoms with E-state index < -0.39 is 7.12 Å². The molecule has 0 saturated heterocycles. The summed E-state index contributed by atoms with van der Waals surface area (Å²) in [6, 6.07) is 12.6. The van der Waals surface area contributed by atoms with Crippen LogP contribution in [0.15, 0.2) is 54.9 Å². The molecule has 0 saturated carbocycles. The molecule has 3 aromatic rings. The largest absolute Gasteiger partial charge is 0.528 e. The third kappa shape index (κ3) is 2.94. The molecule has 7 heteroatoms. The van der Waals surface area contributed by atoms with Crippen LogP contribution in [0.3, 0.4) is 0 Å². The second kappa shape index (κ2) is 5.78. The highest BCUT2D eigenvalue weighted by molar-refractivity contribution is 6.56. The van der Waals surface area contributed by atoms with Crippen LogP contribution in [-0.2, 0) is 0 Å². The summed E-state index contributed by atoms with van der Waals surface area (Å²) in [5, 5.41) is 18.7. The molecule has 0 unspecified atom stereocenters. The fourth-order valence-corrected chi connectivity index (χ4v) is 1.87. The van der Waals surface area contributed by atoms with E-state index in [1.807, 2.05) is 12.1 Å². The van der Waals surface area contributed by atoms with Gasteiger partial charge in [-0.15, -0.1) is 0 Å². The van der Waals surface area contributed by atoms with Crippen molar-refractivity contribution in [3.8, 4) is 22.8 Å². The van der Waals surface area contributed by atoms with Crippen molar-refractivity contribution in [2.24, 2.45) is 0 Å². The van der Waals surface area contributed by atoms with Gasteiger partial charge in [-0.05, 0) is 30.3 Å². The second-order valence-corrected chi connectivity index (χ2v) is 4.30. The van der Waals surface area contributed by atoms with Crippen LogP contribution in [0, 0.1) is 0 Å². The number of nitrogens with zero attached hydrogens (tertiary/aromatic N) is 4. The van der Waals surface area contributed by atoms with Crippen molar-refractivity contribution in [3.05, 3.63) is 54.9 Å². The Morgan fingerprint density at radius 2 is 1.24 bits per heavy atom. The van der Waals surface area contributed by atoms with Gasteiger partial charge in [0, 0.05) is 12.4 Å². The summed E-state index contributed by atoms with van der Waals surface area (Å²) in [5.41, 5.74) is 2.18. The van der Waals surface area contributed by atoms with E-state index in [-0.39, 0.29) is 5.72 Å². The van der Waals surface area contributed by atoms with Gasteiger partial charge in [0.25, 0.3) is 0 Å². The van der Waals surface area contributed by atoms with Crippen LogP contribution in [0.2, 0.25) is 0 Å². The molecule has 6 nitrogen and oxygen atoms in total. The van der Waals surface area contributed by atoms with Gasteiger partial charge in [-0.25, -0.2) is 9.97 Å². The number of rotatable bonds is 3. The van der Waals surface area contributed by atoms with Crippen molar-refractivity contribution in [2.45, 2.75) is 0 Å². The van der Waals surface area contributed by atoms with Gasteiger partial charge in [0.05, 0.1) is 22.8 Å². The molecule has 0 aliphatic heterocycles. The molecule has 0 radical (unpaired) electrons. The molecule has 2 N–H and O–H groups in total. The van der Waals surface area contributed by atoms with E-state index in [2.05, 4.69) is 19.9 Å². The maximum Gasteiger partial charge on any atom is 0.528 e. The van der Waals surface area contributed by atoms with Gasteiger partial charge in [-0.3, -0.25) is 9.97 Å². The molecule has 102 valence electrons. The van der Waals surface area contributed by atoms with Crippen LogP contribution in [0.25, 0.3) is 22.8 Å². The van der Waals surface area contributed by atoms with E-state index in [0.29, 0.717) is 22.8 Å². The summed E-state index contributed by atoms with van der Waals surface area (Å²) in [4.78, 5) is 16.7. The zero-order valence-corrected chi connectivity index (χ0v) is 11.0. The third-order valence-corrected chi connectivity index (χ3v) is 2.83. The summed E-state index contributed by atoms with van der Waals surface area (Å²) in [5.74, 6) is 0. The second-order valence-electron chi connectivity index (χ2n) is 4.30. The Kier molecular flexibility index (Phi) is 3.68. The molecule has 3 heterocycles. The van der Waals surface area contributed by atoms with Crippen molar-refractivity contribution in [1.82, 2.24) is 19.9 Å². The normalized spacial score (nSPS) is 10.4. The molecular weight excluding hydrogens is 267 g/mol. The Bertz CT molecular complexity index is 681. The number of aromatic nitrogens is 4. The molecular formula is C14H11BN4O2. The van der Waals surface area contributed by atoms with E-state index in [1.165, 1.54) is 0 Å². The maximum absolute atomic E-state index is 9.36. The standard InChI is InChI=1S/C14H11BN4O2/c20-15(21)14-18-12(10-5-1-3-7-16-10)9-13(19-14)11-6-2-4-8-17-11/h1-9,20-21H. The number of hydrogen-bond donors (Lipinski definition) is 2. The van der Waals surface area contributed by atoms with E-state index in [4.69, 9.17) is 0 Å². The Morgan fingerprint density at radius 3 is 1.62 bits per heavy atom. The molecule has 0 aromatic carbocycles. The van der Waals surface area contributed by atoms with Crippen LogP contribution in [0.1, 0.15) is 0 Å². The van der Waals surface area contributed by atoms with Crippen LogP contribution >= 0.6 is 0 Å². The van der Waals surface area contributed by atoms with E-state index >= 15 is 0 Å². The highest BCUT2D eigenvalue weighted by Crippen LogP contribution is 2.18. The van der Waals surface area contributed by atoms with Crippen LogP contribution in [-0.4, -0.2) is 37.1 Å². The lowest BCUT2D eigenvalue weighted by molar-refractivity contribution is 0.422. The lowest BCUT2D eigenvalue weighted by atomic mass is 9.90. The molecule has 0 aliphatic carbocycles. The Labute approximate surface area is 121 Å². The highest BCUT2D eigenvalue weighted by atomic mass is 16.4. The summed E-state index contributed by atoms with van der Waals surface area (Å²) in [6.45, 7) is 0. The van der Waals surface area contributed by atoms with E-state index in [9.17, 15) is 10.0 Å². The lowest BCUT2D eigenvalue weighted by Gasteiger charge is -2.07. The molecule has 21 heavy (non-hydrogen) atoms. The van der Waals surface area contributed by atoms with E-state index in [1.54, 1.807) is 42.7 Å². The molecule has 0 aliphatic rings. The average Bonchev–Trinajstić information content (AvgIpc) is 2.56. The summed E-state index contributed by atoms with van der Waals surface area (Å²) in [6.07, 6.45) is 3.29. The lowest BCUT2D eigenvalue weighted by Crippen LogP contribution is -2.36. The molecule has 3 rings (SSSR count). The Morgan fingerprint density at radius 1 is 0.714 bits per heavy atom. The molecule has 3 aromatic heterocycles.